The monoisotopic (exact) mass is 353 g/mol. The minimum absolute atomic E-state index is 0.00326. The van der Waals surface area contributed by atoms with Crippen molar-refractivity contribution in [2.75, 3.05) is 5.32 Å². The molecule has 2 N–H and O–H groups in total. The topological polar surface area (TPSA) is 49.3 Å². The van der Waals surface area contributed by atoms with Gasteiger partial charge in [0.05, 0.1) is 5.56 Å². The molecule has 1 aromatic rings. The van der Waals surface area contributed by atoms with Crippen LogP contribution in [-0.2, 0) is 11.0 Å². The van der Waals surface area contributed by atoms with Gasteiger partial charge in [0, 0.05) is 22.6 Å². The van der Waals surface area contributed by atoms with Crippen molar-refractivity contribution in [2.24, 2.45) is 0 Å². The molecular weight excluding hydrogens is 339 g/mol. The van der Waals surface area contributed by atoms with Gasteiger partial charge in [0.1, 0.15) is 0 Å². The third kappa shape index (κ3) is 5.40. The van der Waals surface area contributed by atoms with E-state index in [4.69, 9.17) is 5.11 Å². The average Bonchev–Trinajstić information content (AvgIpc) is 2.29. The lowest BCUT2D eigenvalue weighted by Gasteiger charge is -2.19. The lowest BCUT2D eigenvalue weighted by atomic mass is 10.1. The fraction of sp³-hybridized carbons (Fsp3) is 0.462. The van der Waals surface area contributed by atoms with Crippen LogP contribution in [0.4, 0.5) is 18.9 Å². The number of benzene rings is 1. The highest BCUT2D eigenvalue weighted by atomic mass is 79.9. The standard InChI is InChI=1S/C13H15BrF3NO2/c1-8(3-2-4-12(19)20)18-11-6-5-9(14)7-10(11)13(15,16)17/h5-8,18H,2-4H2,1H3,(H,19,20). The van der Waals surface area contributed by atoms with Gasteiger partial charge in [-0.05, 0) is 38.0 Å². The summed E-state index contributed by atoms with van der Waals surface area (Å²) in [5, 5.41) is 11.3. The molecule has 0 saturated carbocycles. The molecule has 1 atom stereocenters. The Bertz CT molecular complexity index is 477. The first-order valence-electron chi connectivity index (χ1n) is 6.05. The Balaban J connectivity index is 2.74. The van der Waals surface area contributed by atoms with E-state index in [9.17, 15) is 18.0 Å². The first-order chi connectivity index (χ1) is 9.20. The number of carbonyl (C=O) groups is 1. The fourth-order valence-corrected chi connectivity index (χ4v) is 2.14. The highest BCUT2D eigenvalue weighted by Gasteiger charge is 2.33. The van der Waals surface area contributed by atoms with Gasteiger partial charge in [-0.1, -0.05) is 15.9 Å². The van der Waals surface area contributed by atoms with E-state index in [0.29, 0.717) is 17.3 Å². The predicted molar refractivity (Wildman–Crippen MR) is 73.7 cm³/mol. The van der Waals surface area contributed by atoms with Crippen molar-refractivity contribution >= 4 is 27.6 Å². The van der Waals surface area contributed by atoms with Crippen molar-refractivity contribution < 1.29 is 23.1 Å². The van der Waals surface area contributed by atoms with Gasteiger partial charge in [-0.25, -0.2) is 0 Å². The quantitative estimate of drug-likeness (QED) is 0.790. The van der Waals surface area contributed by atoms with Crippen LogP contribution in [0.2, 0.25) is 0 Å². The van der Waals surface area contributed by atoms with Crippen LogP contribution in [0.5, 0.6) is 0 Å². The molecule has 3 nitrogen and oxygen atoms in total. The number of carboxylic acids is 1. The Morgan fingerprint density at radius 1 is 1.45 bits per heavy atom. The predicted octanol–water partition coefficient (Wildman–Crippen LogP) is 4.52. The molecular formula is C13H15BrF3NO2. The summed E-state index contributed by atoms with van der Waals surface area (Å²) in [6.07, 6.45) is -3.52. The Morgan fingerprint density at radius 2 is 2.10 bits per heavy atom. The molecule has 7 heteroatoms. The molecule has 20 heavy (non-hydrogen) atoms. The summed E-state index contributed by atoms with van der Waals surface area (Å²) in [5.74, 6) is -0.906. The van der Waals surface area contributed by atoms with Gasteiger partial charge in [-0.3, -0.25) is 4.79 Å². The summed E-state index contributed by atoms with van der Waals surface area (Å²) >= 11 is 3.02. The van der Waals surface area contributed by atoms with Crippen LogP contribution < -0.4 is 5.32 Å². The smallest absolute Gasteiger partial charge is 0.418 e. The zero-order valence-electron chi connectivity index (χ0n) is 10.8. The summed E-state index contributed by atoms with van der Waals surface area (Å²) in [4.78, 5) is 10.4. The van der Waals surface area contributed by atoms with Gasteiger partial charge < -0.3 is 10.4 Å². The van der Waals surface area contributed by atoms with Crippen molar-refractivity contribution in [3.63, 3.8) is 0 Å². The number of halogens is 4. The third-order valence-corrected chi connectivity index (χ3v) is 3.21. The lowest BCUT2D eigenvalue weighted by Crippen LogP contribution is -2.19. The molecule has 1 aromatic carbocycles. The fourth-order valence-electron chi connectivity index (χ4n) is 1.77. The van der Waals surface area contributed by atoms with Crippen LogP contribution in [0, 0.1) is 0 Å². The lowest BCUT2D eigenvalue weighted by molar-refractivity contribution is -0.137. The van der Waals surface area contributed by atoms with Crippen molar-refractivity contribution in [1.82, 2.24) is 0 Å². The molecule has 0 fully saturated rings. The summed E-state index contributed by atoms with van der Waals surface area (Å²) in [6.45, 7) is 1.73. The molecule has 112 valence electrons. The van der Waals surface area contributed by atoms with E-state index >= 15 is 0 Å². The maximum Gasteiger partial charge on any atom is 0.418 e. The molecule has 0 aliphatic carbocycles. The first-order valence-corrected chi connectivity index (χ1v) is 6.84. The zero-order chi connectivity index (χ0) is 15.3. The molecule has 0 aliphatic heterocycles. The summed E-state index contributed by atoms with van der Waals surface area (Å²) < 4.78 is 39.0. The molecule has 1 unspecified atom stereocenters. The molecule has 0 aliphatic rings. The molecule has 0 heterocycles. The van der Waals surface area contributed by atoms with E-state index in [1.54, 1.807) is 6.92 Å². The maximum atomic E-state index is 12.9. The number of alkyl halides is 3. The maximum absolute atomic E-state index is 12.9. The van der Waals surface area contributed by atoms with Crippen LogP contribution >= 0.6 is 15.9 Å². The van der Waals surface area contributed by atoms with Crippen LogP contribution in [0.3, 0.4) is 0 Å². The SMILES string of the molecule is CC(CCCC(=O)O)Nc1ccc(Br)cc1C(F)(F)F. The Labute approximate surface area is 123 Å². The molecule has 0 saturated heterocycles. The average molecular weight is 354 g/mol. The summed E-state index contributed by atoms with van der Waals surface area (Å²) in [6, 6.07) is 3.67. The first kappa shape index (κ1) is 16.8. The van der Waals surface area contributed by atoms with Crippen molar-refractivity contribution in [2.45, 2.75) is 38.4 Å². The second kappa shape index (κ2) is 6.97. The van der Waals surface area contributed by atoms with Gasteiger partial charge in [0.2, 0.25) is 0 Å². The molecule has 0 amide bonds. The number of aliphatic carboxylic acids is 1. The number of carboxylic acid groups (broad SMARTS) is 1. The molecule has 1 rings (SSSR count). The Morgan fingerprint density at radius 3 is 2.65 bits per heavy atom. The van der Waals surface area contributed by atoms with E-state index in [1.807, 2.05) is 0 Å². The highest BCUT2D eigenvalue weighted by molar-refractivity contribution is 9.10. The third-order valence-electron chi connectivity index (χ3n) is 2.72. The van der Waals surface area contributed by atoms with Gasteiger partial charge >= 0.3 is 12.1 Å². The molecule has 0 spiro atoms. The Kier molecular flexibility index (Phi) is 5.86. The van der Waals surface area contributed by atoms with Crippen molar-refractivity contribution in [1.29, 1.82) is 0 Å². The van der Waals surface area contributed by atoms with Crippen LogP contribution in [0.15, 0.2) is 22.7 Å². The molecule has 0 radical (unpaired) electrons. The van der Waals surface area contributed by atoms with Crippen molar-refractivity contribution in [3.8, 4) is 0 Å². The van der Waals surface area contributed by atoms with Crippen molar-refractivity contribution in [3.05, 3.63) is 28.2 Å². The van der Waals surface area contributed by atoms with Crippen LogP contribution in [0.1, 0.15) is 31.7 Å². The van der Waals surface area contributed by atoms with Gasteiger partial charge in [-0.2, -0.15) is 13.2 Å². The number of anilines is 1. The van der Waals surface area contributed by atoms with E-state index in [0.717, 1.165) is 6.07 Å². The second-order valence-corrected chi connectivity index (χ2v) is 5.43. The zero-order valence-corrected chi connectivity index (χ0v) is 12.4. The largest absolute Gasteiger partial charge is 0.481 e. The van der Waals surface area contributed by atoms with E-state index in [-0.39, 0.29) is 18.2 Å². The van der Waals surface area contributed by atoms with E-state index in [2.05, 4.69) is 21.2 Å². The highest BCUT2D eigenvalue weighted by Crippen LogP contribution is 2.36. The normalized spacial score (nSPS) is 13.1. The number of nitrogens with one attached hydrogen (secondary N) is 1. The molecule has 0 aromatic heterocycles. The van der Waals surface area contributed by atoms with Gasteiger partial charge in [0.15, 0.2) is 0 Å². The minimum atomic E-state index is -4.44. The van der Waals surface area contributed by atoms with Gasteiger partial charge in [0.25, 0.3) is 0 Å². The van der Waals surface area contributed by atoms with Crippen LogP contribution in [0.25, 0.3) is 0 Å². The minimum Gasteiger partial charge on any atom is -0.481 e. The Hall–Kier alpha value is -1.24. The van der Waals surface area contributed by atoms with E-state index in [1.165, 1.54) is 12.1 Å². The number of hydrogen-bond acceptors (Lipinski definition) is 2. The van der Waals surface area contributed by atoms with Crippen LogP contribution in [-0.4, -0.2) is 17.1 Å². The number of rotatable bonds is 6. The number of hydrogen-bond donors (Lipinski definition) is 2. The summed E-state index contributed by atoms with van der Waals surface area (Å²) in [7, 11) is 0. The second-order valence-electron chi connectivity index (χ2n) is 4.52. The van der Waals surface area contributed by atoms with E-state index < -0.39 is 17.7 Å². The summed E-state index contributed by atoms with van der Waals surface area (Å²) in [5.41, 5.74) is -0.736. The van der Waals surface area contributed by atoms with Gasteiger partial charge in [-0.15, -0.1) is 0 Å². The molecule has 0 bridgehead atoms.